The first-order valence-electron chi connectivity index (χ1n) is 7.90. The molecule has 0 fully saturated rings. The summed E-state index contributed by atoms with van der Waals surface area (Å²) in [7, 11) is -0.437. The number of halogens is 2. The predicted octanol–water partition coefficient (Wildman–Crippen LogP) is 4.96. The van der Waals surface area contributed by atoms with Gasteiger partial charge < -0.3 is 9.74 Å². The lowest BCUT2D eigenvalue weighted by atomic mass is 10.0. The number of carbonyl (C=O) groups is 1. The molecule has 0 aromatic heterocycles. The second-order valence-electron chi connectivity index (χ2n) is 7.61. The summed E-state index contributed by atoms with van der Waals surface area (Å²) in [5.41, 5.74) is 1.85. The van der Waals surface area contributed by atoms with Gasteiger partial charge in [-0.05, 0) is 58.5 Å². The normalized spacial score (nSPS) is 18.0. The van der Waals surface area contributed by atoms with Gasteiger partial charge in [0.1, 0.15) is 5.82 Å². The Bertz CT molecular complexity index is 640. The van der Waals surface area contributed by atoms with E-state index in [0.717, 1.165) is 18.4 Å². The van der Waals surface area contributed by atoms with Crippen molar-refractivity contribution < 1.29 is 13.6 Å². The van der Waals surface area contributed by atoms with Gasteiger partial charge >= 0.3 is 0 Å². The second kappa shape index (κ2) is 6.30. The second-order valence-corrected chi connectivity index (χ2v) is 13.2. The average Bonchev–Trinajstić information content (AvgIpc) is 2.83. The van der Waals surface area contributed by atoms with E-state index < -0.39 is 8.32 Å². The number of carbonyl (C=O) groups excluding carboxylic acids is 1. The summed E-state index contributed by atoms with van der Waals surface area (Å²) in [6, 6.07) is 1.79. The molecule has 1 atom stereocenters. The molecule has 1 amide bonds. The zero-order valence-electron chi connectivity index (χ0n) is 14.6. The smallest absolute Gasteiger partial charge is 0.252 e. The van der Waals surface area contributed by atoms with Crippen molar-refractivity contribution in [2.24, 2.45) is 0 Å². The number of hydrogen-bond acceptors (Lipinski definition) is 2. The molecule has 6 heteroatoms. The molecule has 0 saturated carbocycles. The molecule has 0 heterocycles. The lowest BCUT2D eigenvalue weighted by molar-refractivity contribution is 0.0961. The molecule has 1 aliphatic rings. The lowest BCUT2D eigenvalue weighted by Gasteiger charge is -2.38. The third-order valence-electron chi connectivity index (χ3n) is 5.04. The maximum absolute atomic E-state index is 14.9. The van der Waals surface area contributed by atoms with Crippen molar-refractivity contribution in [3.8, 4) is 0 Å². The fourth-order valence-electron chi connectivity index (χ4n) is 2.63. The monoisotopic (exact) mass is 401 g/mol. The number of hydrogen-bond donors (Lipinski definition) is 1. The largest absolute Gasteiger partial charge is 0.410 e. The standard InChI is InChI=1S/C17H25BrFNO2Si/c1-17(2,3)23(5,6)22-12-8-7-10-9-11(16(21)20-4)14(18)15(19)13(10)12/h9,12H,7-8H2,1-6H3,(H,20,21). The van der Waals surface area contributed by atoms with Crippen molar-refractivity contribution in [2.45, 2.75) is 57.8 Å². The van der Waals surface area contributed by atoms with Gasteiger partial charge in [0.25, 0.3) is 5.91 Å². The van der Waals surface area contributed by atoms with Crippen LogP contribution in [0, 0.1) is 5.82 Å². The molecule has 0 bridgehead atoms. The number of fused-ring (bicyclic) bond motifs is 1. The first kappa shape index (κ1) is 18.6. The van der Waals surface area contributed by atoms with Crippen LogP contribution in [-0.2, 0) is 10.8 Å². The van der Waals surface area contributed by atoms with E-state index in [9.17, 15) is 9.18 Å². The Morgan fingerprint density at radius 3 is 2.57 bits per heavy atom. The summed E-state index contributed by atoms with van der Waals surface area (Å²) in [4.78, 5) is 11.9. The first-order chi connectivity index (χ1) is 10.5. The number of benzene rings is 1. The van der Waals surface area contributed by atoms with Crippen molar-refractivity contribution in [3.63, 3.8) is 0 Å². The fraction of sp³-hybridized carbons (Fsp3) is 0.588. The van der Waals surface area contributed by atoms with Gasteiger partial charge in [0, 0.05) is 12.6 Å². The van der Waals surface area contributed by atoms with Crippen molar-refractivity contribution in [3.05, 3.63) is 33.0 Å². The van der Waals surface area contributed by atoms with Gasteiger partial charge in [0.2, 0.25) is 0 Å². The molecule has 3 nitrogen and oxygen atoms in total. The lowest BCUT2D eigenvalue weighted by Crippen LogP contribution is -2.41. The minimum Gasteiger partial charge on any atom is -0.410 e. The van der Waals surface area contributed by atoms with E-state index in [1.807, 2.05) is 0 Å². The van der Waals surface area contributed by atoms with Gasteiger partial charge in [-0.2, -0.15) is 0 Å². The van der Waals surface area contributed by atoms with Crippen LogP contribution in [0.25, 0.3) is 0 Å². The van der Waals surface area contributed by atoms with Crippen LogP contribution in [0.15, 0.2) is 10.5 Å². The minimum absolute atomic E-state index is 0.0749. The molecule has 0 saturated heterocycles. The van der Waals surface area contributed by atoms with Crippen LogP contribution in [0.5, 0.6) is 0 Å². The molecule has 1 aromatic rings. The van der Waals surface area contributed by atoms with Crippen LogP contribution < -0.4 is 5.32 Å². The van der Waals surface area contributed by atoms with Crippen LogP contribution in [0.1, 0.15) is 54.8 Å². The van der Waals surface area contributed by atoms with Crippen LogP contribution >= 0.6 is 15.9 Å². The van der Waals surface area contributed by atoms with Crippen LogP contribution in [0.4, 0.5) is 4.39 Å². The van der Waals surface area contributed by atoms with E-state index in [1.165, 1.54) is 0 Å². The summed E-state index contributed by atoms with van der Waals surface area (Å²) in [6.07, 6.45) is 1.28. The van der Waals surface area contributed by atoms with E-state index in [2.05, 4.69) is 55.1 Å². The highest BCUT2D eigenvalue weighted by Gasteiger charge is 2.42. The zero-order valence-corrected chi connectivity index (χ0v) is 17.2. The SMILES string of the molecule is CNC(=O)c1cc2c(c(F)c1Br)C(O[Si](C)(C)C(C)(C)C)CC2. The quantitative estimate of drug-likeness (QED) is 0.726. The Hall–Kier alpha value is -0.723. The highest BCUT2D eigenvalue weighted by atomic mass is 79.9. The molecule has 1 unspecified atom stereocenters. The van der Waals surface area contributed by atoms with E-state index >= 15 is 0 Å². The molecule has 0 radical (unpaired) electrons. The van der Waals surface area contributed by atoms with Crippen molar-refractivity contribution in [2.75, 3.05) is 7.05 Å². The molecule has 128 valence electrons. The van der Waals surface area contributed by atoms with Crippen LogP contribution in [0.2, 0.25) is 18.1 Å². The highest BCUT2D eigenvalue weighted by Crippen LogP contribution is 2.45. The molecule has 1 N–H and O–H groups in total. The maximum atomic E-state index is 14.9. The van der Waals surface area contributed by atoms with Gasteiger partial charge in [-0.15, -0.1) is 0 Å². The Morgan fingerprint density at radius 1 is 1.43 bits per heavy atom. The first-order valence-corrected chi connectivity index (χ1v) is 11.6. The van der Waals surface area contributed by atoms with Crippen LogP contribution in [-0.4, -0.2) is 21.3 Å². The summed E-state index contributed by atoms with van der Waals surface area (Å²) < 4.78 is 21.5. The molecular formula is C17H25BrFNO2Si. The minimum atomic E-state index is -1.98. The summed E-state index contributed by atoms with van der Waals surface area (Å²) in [6.45, 7) is 10.9. The van der Waals surface area contributed by atoms with E-state index in [4.69, 9.17) is 4.43 Å². The maximum Gasteiger partial charge on any atom is 0.252 e. The Balaban J connectivity index is 2.41. The molecule has 0 aliphatic heterocycles. The Kier molecular flexibility index (Phi) is 5.09. The average molecular weight is 402 g/mol. The predicted molar refractivity (Wildman–Crippen MR) is 96.8 cm³/mol. The van der Waals surface area contributed by atoms with E-state index in [-0.39, 0.29) is 27.3 Å². The summed E-state index contributed by atoms with van der Waals surface area (Å²) in [5, 5.41) is 2.62. The Labute approximate surface area is 147 Å². The van der Waals surface area contributed by atoms with Crippen molar-refractivity contribution >= 4 is 30.2 Å². The zero-order chi connectivity index (χ0) is 17.6. The topological polar surface area (TPSA) is 38.3 Å². The molecule has 23 heavy (non-hydrogen) atoms. The molecule has 1 aliphatic carbocycles. The highest BCUT2D eigenvalue weighted by molar-refractivity contribution is 9.10. The van der Waals surface area contributed by atoms with Crippen LogP contribution in [0.3, 0.4) is 0 Å². The molecule has 0 spiro atoms. The van der Waals surface area contributed by atoms with Crippen molar-refractivity contribution in [1.29, 1.82) is 0 Å². The molecule has 1 aromatic carbocycles. The summed E-state index contributed by atoms with van der Waals surface area (Å²) in [5.74, 6) is -0.644. The Morgan fingerprint density at radius 2 is 2.04 bits per heavy atom. The van der Waals surface area contributed by atoms with Gasteiger partial charge in [0.05, 0.1) is 16.1 Å². The molecule has 2 rings (SSSR count). The third-order valence-corrected chi connectivity index (χ3v) is 10.3. The summed E-state index contributed by atoms with van der Waals surface area (Å²) >= 11 is 3.24. The fourth-order valence-corrected chi connectivity index (χ4v) is 4.44. The van der Waals surface area contributed by atoms with Gasteiger partial charge in [-0.3, -0.25) is 4.79 Å². The molecular weight excluding hydrogens is 377 g/mol. The number of nitrogens with one attached hydrogen (secondary N) is 1. The van der Waals surface area contributed by atoms with Crippen molar-refractivity contribution in [1.82, 2.24) is 5.32 Å². The number of aryl methyl sites for hydroxylation is 1. The van der Waals surface area contributed by atoms with Gasteiger partial charge in [-0.25, -0.2) is 4.39 Å². The third kappa shape index (κ3) is 3.39. The number of amides is 1. The van der Waals surface area contributed by atoms with E-state index in [0.29, 0.717) is 11.1 Å². The van der Waals surface area contributed by atoms with E-state index in [1.54, 1.807) is 13.1 Å². The number of rotatable bonds is 3. The van der Waals surface area contributed by atoms with Gasteiger partial charge in [-0.1, -0.05) is 20.8 Å². The van der Waals surface area contributed by atoms with Gasteiger partial charge in [0.15, 0.2) is 8.32 Å².